The summed E-state index contributed by atoms with van der Waals surface area (Å²) in [5, 5.41) is 11.5. The Balaban J connectivity index is 1.53. The Kier molecular flexibility index (Phi) is 8.43. The van der Waals surface area contributed by atoms with Gasteiger partial charge in [0.05, 0.1) is 18.7 Å². The third kappa shape index (κ3) is 6.74. The van der Waals surface area contributed by atoms with Gasteiger partial charge in [0.1, 0.15) is 24.6 Å². The minimum Gasteiger partial charge on any atom is -0.493 e. The molecule has 0 unspecified atom stereocenters. The first kappa shape index (κ1) is 23.7. The highest BCUT2D eigenvalue weighted by atomic mass is 35.5. The van der Waals surface area contributed by atoms with Crippen molar-refractivity contribution < 1.29 is 24.1 Å². The maximum Gasteiger partial charge on any atom is 0.161 e. The number of likely N-dealkylation sites (tertiary alicyclic amines) is 1. The maximum atomic E-state index is 11.0. The van der Waals surface area contributed by atoms with E-state index in [1.165, 1.54) is 0 Å². The van der Waals surface area contributed by atoms with E-state index in [4.69, 9.17) is 30.5 Å². The van der Waals surface area contributed by atoms with E-state index < -0.39 is 5.60 Å². The molecular weight excluding hydrogens is 418 g/mol. The van der Waals surface area contributed by atoms with Crippen molar-refractivity contribution >= 4 is 11.6 Å². The van der Waals surface area contributed by atoms with Gasteiger partial charge in [-0.1, -0.05) is 23.7 Å². The lowest BCUT2D eigenvalue weighted by Crippen LogP contribution is -2.47. The minimum absolute atomic E-state index is 0.240. The molecule has 0 atom stereocenters. The normalized spacial score (nSPS) is 16.2. The molecule has 0 aromatic heterocycles. The maximum absolute atomic E-state index is 11.0. The summed E-state index contributed by atoms with van der Waals surface area (Å²) < 4.78 is 22.1. The fourth-order valence-electron chi connectivity index (χ4n) is 3.63. The first-order valence-corrected chi connectivity index (χ1v) is 10.9. The Labute approximate surface area is 189 Å². The molecule has 1 fully saturated rings. The quantitative estimate of drug-likeness (QED) is 0.551. The highest BCUT2D eigenvalue weighted by molar-refractivity contribution is 6.32. The van der Waals surface area contributed by atoms with E-state index in [0.717, 1.165) is 30.8 Å². The molecule has 1 aliphatic heterocycles. The van der Waals surface area contributed by atoms with Gasteiger partial charge >= 0.3 is 0 Å². The molecule has 0 spiro atoms. The Hall–Kier alpha value is -1.99. The van der Waals surface area contributed by atoms with Crippen molar-refractivity contribution in [3.05, 3.63) is 52.5 Å². The zero-order valence-electron chi connectivity index (χ0n) is 18.5. The van der Waals surface area contributed by atoms with Gasteiger partial charge in [-0.05, 0) is 55.2 Å². The Bertz CT molecular complexity index is 852. The standard InChI is InChI=1S/C24H32ClNO5/c1-18-4-6-20(25)22(14-18)31-17-24(27)8-10-26(11-9-24)16-19-5-7-21(29-3)23(15-19)30-13-12-28-2/h4-7,14-15,27H,8-13,16-17H2,1-3H3. The van der Waals surface area contributed by atoms with Crippen LogP contribution in [0, 0.1) is 6.92 Å². The van der Waals surface area contributed by atoms with Gasteiger partial charge in [0.15, 0.2) is 11.5 Å². The van der Waals surface area contributed by atoms with Crippen molar-refractivity contribution in [1.82, 2.24) is 4.90 Å². The smallest absolute Gasteiger partial charge is 0.161 e. The number of benzene rings is 2. The van der Waals surface area contributed by atoms with Crippen LogP contribution in [0.5, 0.6) is 17.2 Å². The van der Waals surface area contributed by atoms with Gasteiger partial charge in [0, 0.05) is 26.7 Å². The zero-order chi connectivity index (χ0) is 22.3. The number of hydrogen-bond donors (Lipinski definition) is 1. The minimum atomic E-state index is -0.849. The Morgan fingerprint density at radius 3 is 2.45 bits per heavy atom. The number of ether oxygens (including phenoxy) is 4. The number of piperidine rings is 1. The fraction of sp³-hybridized carbons (Fsp3) is 0.500. The average Bonchev–Trinajstić information content (AvgIpc) is 2.77. The molecular formula is C24H32ClNO5. The van der Waals surface area contributed by atoms with Gasteiger partial charge in [-0.3, -0.25) is 4.90 Å². The van der Waals surface area contributed by atoms with Crippen LogP contribution in [-0.2, 0) is 11.3 Å². The van der Waals surface area contributed by atoms with E-state index in [0.29, 0.717) is 48.3 Å². The number of nitrogens with zero attached hydrogens (tertiary/aromatic N) is 1. The topological polar surface area (TPSA) is 60.4 Å². The fourth-order valence-corrected chi connectivity index (χ4v) is 3.80. The molecule has 3 rings (SSSR count). The molecule has 2 aromatic carbocycles. The third-order valence-corrected chi connectivity index (χ3v) is 5.86. The molecule has 31 heavy (non-hydrogen) atoms. The van der Waals surface area contributed by atoms with Gasteiger partial charge in [0.2, 0.25) is 0 Å². The lowest BCUT2D eigenvalue weighted by atomic mass is 9.92. The summed E-state index contributed by atoms with van der Waals surface area (Å²) in [5.74, 6) is 2.05. The molecule has 170 valence electrons. The molecule has 1 heterocycles. The van der Waals surface area contributed by atoms with Gasteiger partial charge in [0.25, 0.3) is 0 Å². The molecule has 6 nitrogen and oxygen atoms in total. The summed E-state index contributed by atoms with van der Waals surface area (Å²) in [6.07, 6.45) is 1.29. The predicted molar refractivity (Wildman–Crippen MR) is 122 cm³/mol. The Morgan fingerprint density at radius 2 is 1.74 bits per heavy atom. The van der Waals surface area contributed by atoms with E-state index in [-0.39, 0.29) is 6.61 Å². The molecule has 1 saturated heterocycles. The van der Waals surface area contributed by atoms with Gasteiger partial charge < -0.3 is 24.1 Å². The van der Waals surface area contributed by atoms with Crippen LogP contribution >= 0.6 is 11.6 Å². The van der Waals surface area contributed by atoms with E-state index >= 15 is 0 Å². The zero-order valence-corrected chi connectivity index (χ0v) is 19.3. The number of methoxy groups -OCH3 is 2. The van der Waals surface area contributed by atoms with Gasteiger partial charge in [-0.25, -0.2) is 0 Å². The molecule has 0 radical (unpaired) electrons. The highest BCUT2D eigenvalue weighted by Crippen LogP contribution is 2.31. The summed E-state index contributed by atoms with van der Waals surface area (Å²) in [4.78, 5) is 2.33. The molecule has 7 heteroatoms. The number of rotatable bonds is 10. The molecule has 1 aliphatic rings. The van der Waals surface area contributed by atoms with Crippen LogP contribution in [0.25, 0.3) is 0 Å². The molecule has 0 amide bonds. The highest BCUT2D eigenvalue weighted by Gasteiger charge is 2.33. The van der Waals surface area contributed by atoms with Gasteiger partial charge in [-0.2, -0.15) is 0 Å². The summed E-state index contributed by atoms with van der Waals surface area (Å²) in [6.45, 7) is 5.57. The monoisotopic (exact) mass is 449 g/mol. The van der Waals surface area contributed by atoms with Crippen LogP contribution in [0.15, 0.2) is 36.4 Å². The lowest BCUT2D eigenvalue weighted by Gasteiger charge is -2.38. The van der Waals surface area contributed by atoms with Crippen molar-refractivity contribution in [2.24, 2.45) is 0 Å². The van der Waals surface area contributed by atoms with E-state index in [9.17, 15) is 5.11 Å². The van der Waals surface area contributed by atoms with Crippen molar-refractivity contribution in [3.63, 3.8) is 0 Å². The van der Waals surface area contributed by atoms with E-state index in [2.05, 4.69) is 4.90 Å². The van der Waals surface area contributed by atoms with E-state index in [1.54, 1.807) is 14.2 Å². The number of halogens is 1. The second kappa shape index (κ2) is 11.0. The van der Waals surface area contributed by atoms with Crippen molar-refractivity contribution in [2.45, 2.75) is 31.9 Å². The van der Waals surface area contributed by atoms with Crippen LogP contribution in [0.1, 0.15) is 24.0 Å². The van der Waals surface area contributed by atoms with Crippen LogP contribution in [0.2, 0.25) is 5.02 Å². The van der Waals surface area contributed by atoms with Crippen LogP contribution in [0.3, 0.4) is 0 Å². The van der Waals surface area contributed by atoms with Crippen LogP contribution in [-0.4, -0.2) is 62.7 Å². The van der Waals surface area contributed by atoms with Crippen molar-refractivity contribution in [3.8, 4) is 17.2 Å². The average molecular weight is 450 g/mol. The number of aryl methyl sites for hydroxylation is 1. The van der Waals surface area contributed by atoms with Gasteiger partial charge in [-0.15, -0.1) is 0 Å². The Morgan fingerprint density at radius 1 is 0.968 bits per heavy atom. The largest absolute Gasteiger partial charge is 0.493 e. The number of aliphatic hydroxyl groups is 1. The third-order valence-electron chi connectivity index (χ3n) is 5.55. The molecule has 0 bridgehead atoms. The summed E-state index contributed by atoms with van der Waals surface area (Å²) in [7, 11) is 3.28. The summed E-state index contributed by atoms with van der Waals surface area (Å²) in [5.41, 5.74) is 1.37. The van der Waals surface area contributed by atoms with Crippen molar-refractivity contribution in [2.75, 3.05) is 47.1 Å². The van der Waals surface area contributed by atoms with Crippen LogP contribution in [0.4, 0.5) is 0 Å². The molecule has 0 aliphatic carbocycles. The first-order chi connectivity index (χ1) is 14.9. The summed E-state index contributed by atoms with van der Waals surface area (Å²) >= 11 is 6.21. The SMILES string of the molecule is COCCOc1cc(CN2CCC(O)(COc3cc(C)ccc3Cl)CC2)ccc1OC. The molecule has 0 saturated carbocycles. The second-order valence-electron chi connectivity index (χ2n) is 8.05. The molecule has 2 aromatic rings. The van der Waals surface area contributed by atoms with Crippen molar-refractivity contribution in [1.29, 1.82) is 0 Å². The second-order valence-corrected chi connectivity index (χ2v) is 8.46. The number of hydrogen-bond acceptors (Lipinski definition) is 6. The summed E-state index contributed by atoms with van der Waals surface area (Å²) in [6, 6.07) is 11.6. The predicted octanol–water partition coefficient (Wildman–Crippen LogP) is 4.09. The van der Waals surface area contributed by atoms with Crippen LogP contribution < -0.4 is 14.2 Å². The van der Waals surface area contributed by atoms with E-state index in [1.807, 2.05) is 43.3 Å². The molecule has 1 N–H and O–H groups in total. The lowest BCUT2D eigenvalue weighted by molar-refractivity contribution is -0.0537. The first-order valence-electron chi connectivity index (χ1n) is 10.5.